The summed E-state index contributed by atoms with van der Waals surface area (Å²) in [6, 6.07) is 1.35. The monoisotopic (exact) mass is 282 g/mol. The molecule has 2 aliphatic carbocycles. The molecule has 5 unspecified atom stereocenters. The second-order valence-electron chi connectivity index (χ2n) is 7.17. The molecule has 0 bridgehead atoms. The predicted octanol–water partition coefficient (Wildman–Crippen LogP) is 2.64. The summed E-state index contributed by atoms with van der Waals surface area (Å²) in [6.45, 7) is 0. The Hall–Kier alpha value is -0.120. The highest BCUT2D eigenvalue weighted by Crippen LogP contribution is 2.38. The molecular weight excluding hydrogens is 250 g/mol. The van der Waals surface area contributed by atoms with E-state index in [2.05, 4.69) is 5.32 Å². The number of fused-ring (bicyclic) bond motifs is 1. The Balaban J connectivity index is 1.66. The van der Waals surface area contributed by atoms with E-state index in [0.29, 0.717) is 24.3 Å². The zero-order valence-electron chi connectivity index (χ0n) is 13.2. The first-order valence-corrected chi connectivity index (χ1v) is 8.69. The molecule has 0 aromatic carbocycles. The average molecular weight is 282 g/mol. The third-order valence-electron chi connectivity index (χ3n) is 6.16. The molecule has 3 nitrogen and oxygen atoms in total. The van der Waals surface area contributed by atoms with Gasteiger partial charge in [0.25, 0.3) is 0 Å². The third kappa shape index (κ3) is 3.05. The van der Waals surface area contributed by atoms with Crippen molar-refractivity contribution in [2.24, 2.45) is 11.8 Å². The molecule has 2 saturated carbocycles. The number of hydrogen-bond donors (Lipinski definition) is 1. The molecule has 116 valence electrons. The lowest BCUT2D eigenvalue weighted by Gasteiger charge is -2.47. The van der Waals surface area contributed by atoms with E-state index in [-0.39, 0.29) is 0 Å². The summed E-state index contributed by atoms with van der Waals surface area (Å²) in [5.74, 6) is 1.66. The average Bonchev–Trinajstić information content (AvgIpc) is 2.54. The molecule has 2 N–H and O–H groups in total. The molecule has 1 saturated heterocycles. The van der Waals surface area contributed by atoms with Crippen LogP contribution in [0.15, 0.2) is 0 Å². The standard InChI is InChI=1S/C17H31NO2/c1-19-13-8-9-14-16(10-13)18-15(11-17(14)20-2)12-6-4-3-5-7-12/h12-18H,3-11H2,1-2H3/p+1. The Morgan fingerprint density at radius 3 is 2.45 bits per heavy atom. The number of rotatable bonds is 3. The van der Waals surface area contributed by atoms with Crippen molar-refractivity contribution in [3.63, 3.8) is 0 Å². The van der Waals surface area contributed by atoms with Crippen LogP contribution in [-0.2, 0) is 4.74 Å². The minimum Gasteiger partial charge on any atom is -0.433 e. The molecular formula is C17H32NO2+. The minimum atomic E-state index is 0.464. The fourth-order valence-corrected chi connectivity index (χ4v) is 4.96. The number of piperidine rings is 1. The van der Waals surface area contributed by atoms with Crippen LogP contribution in [0.25, 0.3) is 0 Å². The predicted molar refractivity (Wildman–Crippen MR) is 82.0 cm³/mol. The number of ether oxygens (including phenoxy) is 2. The number of methoxy groups -OCH3 is 1. The Bertz CT molecular complexity index is 303. The van der Waals surface area contributed by atoms with Crippen LogP contribution in [0.4, 0.5) is 0 Å². The van der Waals surface area contributed by atoms with Crippen LogP contribution in [0.1, 0.15) is 57.8 Å². The van der Waals surface area contributed by atoms with Crippen LogP contribution in [0, 0.1) is 11.8 Å². The summed E-state index contributed by atoms with van der Waals surface area (Å²) in [5, 5.41) is 4.01. The van der Waals surface area contributed by atoms with Crippen molar-refractivity contribution < 1.29 is 9.47 Å². The minimum absolute atomic E-state index is 0.464. The van der Waals surface area contributed by atoms with Gasteiger partial charge in [0.1, 0.15) is 7.11 Å². The molecule has 3 fully saturated rings. The van der Waals surface area contributed by atoms with Crippen LogP contribution < -0.4 is 5.32 Å². The molecule has 0 amide bonds. The second-order valence-corrected chi connectivity index (χ2v) is 7.17. The van der Waals surface area contributed by atoms with Crippen LogP contribution in [0.5, 0.6) is 0 Å². The zero-order valence-corrected chi connectivity index (χ0v) is 13.2. The lowest BCUT2D eigenvalue weighted by atomic mass is 9.71. The first-order chi connectivity index (χ1) is 9.81. The number of nitrogens with one attached hydrogen (secondary N) is 1. The maximum atomic E-state index is 5.62. The van der Waals surface area contributed by atoms with Gasteiger partial charge in [-0.3, -0.25) is 0 Å². The van der Waals surface area contributed by atoms with Gasteiger partial charge in [0.15, 0.2) is 6.10 Å². The van der Waals surface area contributed by atoms with Gasteiger partial charge in [0.05, 0.1) is 6.10 Å². The second kappa shape index (κ2) is 6.76. The normalized spacial score (nSPS) is 43.2. The van der Waals surface area contributed by atoms with Gasteiger partial charge in [-0.2, -0.15) is 0 Å². The molecule has 0 radical (unpaired) electrons. The van der Waals surface area contributed by atoms with Crippen LogP contribution >= 0.6 is 0 Å². The highest BCUT2D eigenvalue weighted by molar-refractivity contribution is 4.98. The van der Waals surface area contributed by atoms with E-state index >= 15 is 0 Å². The van der Waals surface area contributed by atoms with Gasteiger partial charge < -0.3 is 14.8 Å². The van der Waals surface area contributed by atoms with Crippen LogP contribution in [0.3, 0.4) is 0 Å². The summed E-state index contributed by atoms with van der Waals surface area (Å²) in [5.41, 5.74) is 0. The zero-order chi connectivity index (χ0) is 13.9. The Morgan fingerprint density at radius 2 is 1.75 bits per heavy atom. The van der Waals surface area contributed by atoms with E-state index in [9.17, 15) is 0 Å². The summed E-state index contributed by atoms with van der Waals surface area (Å²) in [6.07, 6.45) is 13.2. The van der Waals surface area contributed by atoms with Crippen molar-refractivity contribution in [3.8, 4) is 0 Å². The summed E-state index contributed by atoms with van der Waals surface area (Å²) in [7, 11) is 3.90. The molecule has 0 spiro atoms. The highest BCUT2D eigenvalue weighted by atomic mass is 16.5. The molecule has 3 aliphatic rings. The van der Waals surface area contributed by atoms with Crippen molar-refractivity contribution in [1.29, 1.82) is 0 Å². The van der Waals surface area contributed by atoms with Gasteiger partial charge in [0, 0.05) is 31.5 Å². The smallest absolute Gasteiger partial charge is 0.160 e. The van der Waals surface area contributed by atoms with Crippen molar-refractivity contribution in [2.75, 3.05) is 14.2 Å². The first kappa shape index (κ1) is 14.8. The SMILES string of the molecule is COC1CCC2C(C1)NC(C1CCCCC1)CC2[OH+]C. The van der Waals surface area contributed by atoms with Crippen molar-refractivity contribution in [1.82, 2.24) is 5.32 Å². The van der Waals surface area contributed by atoms with Gasteiger partial charge in [-0.05, 0) is 38.0 Å². The summed E-state index contributed by atoms with van der Waals surface area (Å²) in [4.78, 5) is 0. The van der Waals surface area contributed by atoms with Crippen LogP contribution in [0.2, 0.25) is 0 Å². The molecule has 1 aliphatic heterocycles. The van der Waals surface area contributed by atoms with Crippen LogP contribution in [-0.4, -0.2) is 43.2 Å². The summed E-state index contributed by atoms with van der Waals surface area (Å²) < 4.78 is 10.4. The summed E-state index contributed by atoms with van der Waals surface area (Å²) >= 11 is 0. The maximum absolute atomic E-state index is 5.62. The van der Waals surface area contributed by atoms with E-state index in [1.807, 2.05) is 14.2 Å². The highest BCUT2D eigenvalue weighted by Gasteiger charge is 2.45. The molecule has 3 heteroatoms. The van der Waals surface area contributed by atoms with Crippen molar-refractivity contribution in [2.45, 2.75) is 82.1 Å². The molecule has 20 heavy (non-hydrogen) atoms. The van der Waals surface area contributed by atoms with E-state index in [0.717, 1.165) is 11.8 Å². The Labute approximate surface area is 123 Å². The molecule has 0 aromatic rings. The lowest BCUT2D eigenvalue weighted by molar-refractivity contribution is -0.141. The molecule has 5 atom stereocenters. The molecule has 0 aromatic heterocycles. The van der Waals surface area contributed by atoms with Gasteiger partial charge >= 0.3 is 0 Å². The van der Waals surface area contributed by atoms with Crippen molar-refractivity contribution >= 4 is 0 Å². The number of hydrogen-bond acceptors (Lipinski definition) is 2. The number of aliphatic hydroxyl groups is 2. The van der Waals surface area contributed by atoms with E-state index < -0.39 is 0 Å². The maximum Gasteiger partial charge on any atom is 0.160 e. The largest absolute Gasteiger partial charge is 0.433 e. The quantitative estimate of drug-likeness (QED) is 0.808. The van der Waals surface area contributed by atoms with Gasteiger partial charge in [-0.1, -0.05) is 19.3 Å². The fraction of sp³-hybridized carbons (Fsp3) is 1.00. The van der Waals surface area contributed by atoms with E-state index in [1.54, 1.807) is 0 Å². The Morgan fingerprint density at radius 1 is 0.950 bits per heavy atom. The van der Waals surface area contributed by atoms with E-state index in [1.165, 1.54) is 57.8 Å². The first-order valence-electron chi connectivity index (χ1n) is 8.69. The van der Waals surface area contributed by atoms with Crippen molar-refractivity contribution in [3.05, 3.63) is 0 Å². The Kier molecular flexibility index (Phi) is 5.00. The van der Waals surface area contributed by atoms with E-state index in [4.69, 9.17) is 9.47 Å². The van der Waals surface area contributed by atoms with Gasteiger partial charge in [-0.15, -0.1) is 0 Å². The molecule has 1 heterocycles. The third-order valence-corrected chi connectivity index (χ3v) is 6.16. The topological polar surface area (TPSA) is 34.1 Å². The van der Waals surface area contributed by atoms with Gasteiger partial charge in [-0.25, -0.2) is 0 Å². The lowest BCUT2D eigenvalue weighted by Crippen LogP contribution is -2.59. The fourth-order valence-electron chi connectivity index (χ4n) is 4.96. The van der Waals surface area contributed by atoms with Gasteiger partial charge in [0.2, 0.25) is 0 Å². The molecule has 3 rings (SSSR count).